The van der Waals surface area contributed by atoms with Gasteiger partial charge < -0.3 is 5.11 Å². The van der Waals surface area contributed by atoms with E-state index in [0.717, 1.165) is 44.8 Å². The quantitative estimate of drug-likeness (QED) is 0.925. The molecule has 0 saturated carbocycles. The lowest BCUT2D eigenvalue weighted by Crippen LogP contribution is -2.49. The third-order valence-corrected chi connectivity index (χ3v) is 4.36. The van der Waals surface area contributed by atoms with Gasteiger partial charge in [0.05, 0.1) is 17.7 Å². The van der Waals surface area contributed by atoms with Crippen molar-refractivity contribution in [1.82, 2.24) is 9.80 Å². The molecule has 1 aliphatic heterocycles. The molecule has 1 heterocycles. The summed E-state index contributed by atoms with van der Waals surface area (Å²) in [5.74, 6) is 0. The number of β-amino-alcohol motifs (C(OH)–C–C–N with tert-alkyl or cyclic N) is 1. The molecule has 1 N–H and O–H groups in total. The van der Waals surface area contributed by atoms with Crippen LogP contribution < -0.4 is 0 Å². The van der Waals surface area contributed by atoms with Gasteiger partial charge in [-0.15, -0.1) is 0 Å². The van der Waals surface area contributed by atoms with Crippen molar-refractivity contribution in [2.45, 2.75) is 33.4 Å². The minimum absolute atomic E-state index is 0.0606. The average Bonchev–Trinajstić information content (AvgIpc) is 2.48. The molecule has 1 aliphatic rings. The maximum Gasteiger partial charge on any atom is 0.0991 e. The molecule has 0 spiro atoms. The summed E-state index contributed by atoms with van der Waals surface area (Å²) in [7, 11) is 0. The lowest BCUT2D eigenvalue weighted by molar-refractivity contribution is 0.0126. The fourth-order valence-electron chi connectivity index (χ4n) is 2.65. The van der Waals surface area contributed by atoms with Gasteiger partial charge >= 0.3 is 0 Å². The minimum Gasteiger partial charge on any atom is -0.391 e. The van der Waals surface area contributed by atoms with E-state index in [1.165, 1.54) is 5.56 Å². The Morgan fingerprint density at radius 1 is 1.18 bits per heavy atom. The molecule has 1 fully saturated rings. The van der Waals surface area contributed by atoms with Crippen LogP contribution in [-0.4, -0.2) is 53.7 Å². The smallest absolute Gasteiger partial charge is 0.0991 e. The molecule has 1 aromatic rings. The number of hydrogen-bond donors (Lipinski definition) is 1. The largest absolute Gasteiger partial charge is 0.391 e. The molecular weight excluding hydrogens is 274 g/mol. The van der Waals surface area contributed by atoms with E-state index in [0.29, 0.717) is 0 Å². The van der Waals surface area contributed by atoms with Crippen molar-refractivity contribution < 1.29 is 5.11 Å². The van der Waals surface area contributed by atoms with Crippen molar-refractivity contribution in [3.8, 4) is 6.07 Å². The van der Waals surface area contributed by atoms with Crippen LogP contribution in [-0.2, 0) is 6.54 Å². The molecular formula is C18H27N3O. The molecule has 22 heavy (non-hydrogen) atoms. The first-order chi connectivity index (χ1) is 10.4. The highest BCUT2D eigenvalue weighted by Gasteiger charge is 2.26. The fraction of sp³-hybridized carbons (Fsp3) is 0.611. The second kappa shape index (κ2) is 7.23. The molecule has 0 amide bonds. The summed E-state index contributed by atoms with van der Waals surface area (Å²) in [6.07, 6.45) is -0.286. The zero-order valence-electron chi connectivity index (χ0n) is 13.9. The maximum absolute atomic E-state index is 10.2. The van der Waals surface area contributed by atoms with Gasteiger partial charge in [-0.05, 0) is 23.1 Å². The molecule has 0 unspecified atom stereocenters. The predicted octanol–water partition coefficient (Wildman–Crippen LogP) is 2.08. The van der Waals surface area contributed by atoms with Crippen molar-refractivity contribution in [2.75, 3.05) is 32.7 Å². The number of nitrogens with zero attached hydrogens (tertiary/aromatic N) is 3. The van der Waals surface area contributed by atoms with Crippen LogP contribution >= 0.6 is 0 Å². The summed E-state index contributed by atoms with van der Waals surface area (Å²) < 4.78 is 0. The number of hydrogen-bond acceptors (Lipinski definition) is 4. The SMILES string of the molecule is CC(C)(C)[C@@H](O)CN1CCN(Cc2cccc(C#N)c2)CC1. The van der Waals surface area contributed by atoms with Gasteiger partial charge in [0, 0.05) is 39.3 Å². The molecule has 120 valence electrons. The molecule has 0 radical (unpaired) electrons. The van der Waals surface area contributed by atoms with Gasteiger partial charge in [0.15, 0.2) is 0 Å². The van der Waals surface area contributed by atoms with E-state index >= 15 is 0 Å². The summed E-state index contributed by atoms with van der Waals surface area (Å²) in [6, 6.07) is 10.0. The topological polar surface area (TPSA) is 50.5 Å². The summed E-state index contributed by atoms with van der Waals surface area (Å²) in [5.41, 5.74) is 1.86. The van der Waals surface area contributed by atoms with E-state index in [9.17, 15) is 5.11 Å². The van der Waals surface area contributed by atoms with Gasteiger partial charge in [-0.1, -0.05) is 32.9 Å². The molecule has 2 rings (SSSR count). The van der Waals surface area contributed by atoms with E-state index in [1.807, 2.05) is 18.2 Å². The average molecular weight is 301 g/mol. The van der Waals surface area contributed by atoms with Crippen LogP contribution in [0.3, 0.4) is 0 Å². The molecule has 0 aromatic heterocycles. The van der Waals surface area contributed by atoms with Gasteiger partial charge in [-0.2, -0.15) is 5.26 Å². The Bertz CT molecular complexity index is 522. The summed E-state index contributed by atoms with van der Waals surface area (Å²) in [4.78, 5) is 4.76. The minimum atomic E-state index is -0.286. The number of nitriles is 1. The first-order valence-corrected chi connectivity index (χ1v) is 8.00. The standard InChI is InChI=1S/C18H27N3O/c1-18(2,3)17(22)14-21-9-7-20(8-10-21)13-16-6-4-5-15(11-16)12-19/h4-6,11,17,22H,7-10,13-14H2,1-3H3/t17-/m0/s1. The Labute approximate surface area is 134 Å². The van der Waals surface area contributed by atoms with Crippen molar-refractivity contribution in [2.24, 2.45) is 5.41 Å². The van der Waals surface area contributed by atoms with Crippen LogP contribution in [0.1, 0.15) is 31.9 Å². The monoisotopic (exact) mass is 301 g/mol. The molecule has 1 aromatic carbocycles. The second-order valence-corrected chi connectivity index (χ2v) is 7.27. The van der Waals surface area contributed by atoms with Gasteiger partial charge in [-0.25, -0.2) is 0 Å². The highest BCUT2D eigenvalue weighted by atomic mass is 16.3. The highest BCUT2D eigenvalue weighted by Crippen LogP contribution is 2.20. The fourth-order valence-corrected chi connectivity index (χ4v) is 2.65. The summed E-state index contributed by atoms with van der Waals surface area (Å²) in [6.45, 7) is 11.9. The van der Waals surface area contributed by atoms with Crippen molar-refractivity contribution in [3.63, 3.8) is 0 Å². The molecule has 0 aliphatic carbocycles. The molecule has 4 heteroatoms. The zero-order chi connectivity index (χ0) is 16.2. The first-order valence-electron chi connectivity index (χ1n) is 8.00. The third-order valence-electron chi connectivity index (χ3n) is 4.36. The lowest BCUT2D eigenvalue weighted by Gasteiger charge is -2.38. The molecule has 1 atom stereocenters. The third kappa shape index (κ3) is 4.81. The first kappa shape index (κ1) is 17.0. The van der Waals surface area contributed by atoms with Gasteiger partial charge in [0.2, 0.25) is 0 Å². The van der Waals surface area contributed by atoms with Crippen LogP contribution in [0.25, 0.3) is 0 Å². The number of rotatable bonds is 4. The summed E-state index contributed by atoms with van der Waals surface area (Å²) in [5, 5.41) is 19.2. The van der Waals surface area contributed by atoms with E-state index in [-0.39, 0.29) is 11.5 Å². The molecule has 1 saturated heterocycles. The number of benzene rings is 1. The van der Waals surface area contributed by atoms with Crippen molar-refractivity contribution in [1.29, 1.82) is 5.26 Å². The lowest BCUT2D eigenvalue weighted by atomic mass is 9.89. The van der Waals surface area contributed by atoms with E-state index < -0.39 is 0 Å². The van der Waals surface area contributed by atoms with Crippen LogP contribution in [0.15, 0.2) is 24.3 Å². The number of aliphatic hydroxyl groups is 1. The Morgan fingerprint density at radius 2 is 1.82 bits per heavy atom. The Balaban J connectivity index is 1.81. The zero-order valence-corrected chi connectivity index (χ0v) is 13.9. The van der Waals surface area contributed by atoms with Gasteiger partial charge in [-0.3, -0.25) is 9.80 Å². The molecule has 4 nitrogen and oxygen atoms in total. The Morgan fingerprint density at radius 3 is 2.41 bits per heavy atom. The van der Waals surface area contributed by atoms with E-state index in [1.54, 1.807) is 0 Å². The highest BCUT2D eigenvalue weighted by molar-refractivity contribution is 5.32. The predicted molar refractivity (Wildman–Crippen MR) is 88.3 cm³/mol. The van der Waals surface area contributed by atoms with Crippen LogP contribution in [0.5, 0.6) is 0 Å². The van der Waals surface area contributed by atoms with Crippen LogP contribution in [0, 0.1) is 16.7 Å². The summed E-state index contributed by atoms with van der Waals surface area (Å²) >= 11 is 0. The Hall–Kier alpha value is -1.41. The van der Waals surface area contributed by atoms with E-state index in [2.05, 4.69) is 42.7 Å². The molecule has 0 bridgehead atoms. The maximum atomic E-state index is 10.2. The normalized spacial score (nSPS) is 18.9. The van der Waals surface area contributed by atoms with Gasteiger partial charge in [0.1, 0.15) is 0 Å². The second-order valence-electron chi connectivity index (χ2n) is 7.27. The van der Waals surface area contributed by atoms with Gasteiger partial charge in [0.25, 0.3) is 0 Å². The number of aliphatic hydroxyl groups excluding tert-OH is 1. The van der Waals surface area contributed by atoms with Crippen molar-refractivity contribution >= 4 is 0 Å². The van der Waals surface area contributed by atoms with Crippen molar-refractivity contribution in [3.05, 3.63) is 35.4 Å². The Kier molecular flexibility index (Phi) is 5.57. The van der Waals surface area contributed by atoms with Crippen LogP contribution in [0.4, 0.5) is 0 Å². The van der Waals surface area contributed by atoms with Crippen LogP contribution in [0.2, 0.25) is 0 Å². The number of piperazine rings is 1. The van der Waals surface area contributed by atoms with E-state index in [4.69, 9.17) is 5.26 Å².